The molecule has 1 aliphatic rings. The van der Waals surface area contributed by atoms with E-state index in [0.717, 1.165) is 13.1 Å². The zero-order valence-corrected chi connectivity index (χ0v) is 11.8. The van der Waals surface area contributed by atoms with Gasteiger partial charge in [0.25, 0.3) is 8.48 Å². The van der Waals surface area contributed by atoms with Crippen molar-refractivity contribution in [1.82, 2.24) is 9.47 Å². The van der Waals surface area contributed by atoms with Crippen LogP contribution in [0.4, 0.5) is 0 Å². The van der Waals surface area contributed by atoms with Crippen molar-refractivity contribution in [3.63, 3.8) is 0 Å². The molecular formula is C11H26N2OSi. The number of hydrogen-bond acceptors (Lipinski definition) is 3. The quantitative estimate of drug-likeness (QED) is 0.647. The molecule has 1 rings (SSSR count). The summed E-state index contributed by atoms with van der Waals surface area (Å²) in [6.07, 6.45) is 1.33. The molecule has 0 bridgehead atoms. The molecule has 0 aromatic carbocycles. The van der Waals surface area contributed by atoms with Gasteiger partial charge in [0.1, 0.15) is 0 Å². The fraction of sp³-hybridized carbons (Fsp3) is 1.00. The lowest BCUT2D eigenvalue weighted by Gasteiger charge is -2.32. The Morgan fingerprint density at radius 3 is 2.53 bits per heavy atom. The van der Waals surface area contributed by atoms with Crippen molar-refractivity contribution in [1.29, 1.82) is 0 Å². The summed E-state index contributed by atoms with van der Waals surface area (Å²) in [5.74, 6) is 0. The van der Waals surface area contributed by atoms with Gasteiger partial charge in [-0.05, 0) is 38.6 Å². The van der Waals surface area contributed by atoms with Gasteiger partial charge in [0.2, 0.25) is 0 Å². The molecule has 1 atom stereocenters. The van der Waals surface area contributed by atoms with Gasteiger partial charge in [0.05, 0.1) is 0 Å². The van der Waals surface area contributed by atoms with Crippen molar-refractivity contribution in [3.8, 4) is 0 Å². The minimum absolute atomic E-state index is 1.16. The highest BCUT2D eigenvalue weighted by molar-refractivity contribution is 6.70. The minimum atomic E-state index is -1.48. The predicted molar refractivity (Wildman–Crippen MR) is 67.4 cm³/mol. The van der Waals surface area contributed by atoms with Gasteiger partial charge < -0.3 is 13.9 Å². The molecular weight excluding hydrogens is 204 g/mol. The molecule has 15 heavy (non-hydrogen) atoms. The second-order valence-corrected chi connectivity index (χ2v) is 8.39. The SMILES string of the molecule is CCN(CC)CCN1CCC[Si]1(C)OC. The molecule has 1 heterocycles. The van der Waals surface area contributed by atoms with Crippen LogP contribution >= 0.6 is 0 Å². The van der Waals surface area contributed by atoms with Gasteiger partial charge in [0, 0.05) is 20.2 Å². The molecule has 0 aliphatic carbocycles. The van der Waals surface area contributed by atoms with Gasteiger partial charge in [-0.2, -0.15) is 0 Å². The van der Waals surface area contributed by atoms with Crippen LogP contribution in [0.3, 0.4) is 0 Å². The van der Waals surface area contributed by atoms with Crippen LogP contribution in [0.5, 0.6) is 0 Å². The Kier molecular flexibility index (Phi) is 5.25. The lowest BCUT2D eigenvalue weighted by molar-refractivity contribution is 0.252. The van der Waals surface area contributed by atoms with Crippen LogP contribution in [0.15, 0.2) is 0 Å². The molecule has 0 aromatic heterocycles. The molecule has 0 aromatic rings. The van der Waals surface area contributed by atoms with Gasteiger partial charge in [-0.3, -0.25) is 0 Å². The minimum Gasteiger partial charge on any atom is -0.406 e. The van der Waals surface area contributed by atoms with Gasteiger partial charge in [0.15, 0.2) is 0 Å². The van der Waals surface area contributed by atoms with E-state index >= 15 is 0 Å². The number of rotatable bonds is 6. The van der Waals surface area contributed by atoms with Crippen molar-refractivity contribution in [2.24, 2.45) is 0 Å². The first-order valence-corrected chi connectivity index (χ1v) is 8.75. The monoisotopic (exact) mass is 230 g/mol. The Morgan fingerprint density at radius 2 is 2.00 bits per heavy atom. The normalized spacial score (nSPS) is 27.8. The van der Waals surface area contributed by atoms with Gasteiger partial charge in [-0.1, -0.05) is 13.8 Å². The molecule has 0 N–H and O–H groups in total. The van der Waals surface area contributed by atoms with Gasteiger partial charge in [-0.25, -0.2) is 0 Å². The van der Waals surface area contributed by atoms with Crippen molar-refractivity contribution in [3.05, 3.63) is 0 Å². The smallest absolute Gasteiger partial charge is 0.267 e. The third-order valence-electron chi connectivity index (χ3n) is 3.76. The molecule has 1 aliphatic heterocycles. The molecule has 0 spiro atoms. The zero-order valence-electron chi connectivity index (χ0n) is 10.8. The topological polar surface area (TPSA) is 15.7 Å². The van der Waals surface area contributed by atoms with Gasteiger partial charge in [-0.15, -0.1) is 0 Å². The highest BCUT2D eigenvalue weighted by Crippen LogP contribution is 2.25. The highest BCUT2D eigenvalue weighted by atomic mass is 28.4. The maximum Gasteiger partial charge on any atom is 0.267 e. The van der Waals surface area contributed by atoms with Crippen LogP contribution in [0, 0.1) is 0 Å². The van der Waals surface area contributed by atoms with Crippen molar-refractivity contribution in [2.45, 2.75) is 32.9 Å². The van der Waals surface area contributed by atoms with Crippen molar-refractivity contribution in [2.75, 3.05) is 39.8 Å². The van der Waals surface area contributed by atoms with Crippen molar-refractivity contribution < 1.29 is 4.43 Å². The Hall–Kier alpha value is 0.0969. The second-order valence-electron chi connectivity index (χ2n) is 4.50. The van der Waals surface area contributed by atoms with Crippen molar-refractivity contribution >= 4 is 8.48 Å². The van der Waals surface area contributed by atoms with E-state index in [-0.39, 0.29) is 0 Å². The Labute approximate surface area is 95.6 Å². The molecule has 3 nitrogen and oxygen atoms in total. The zero-order chi connectivity index (χ0) is 11.3. The predicted octanol–water partition coefficient (Wildman–Crippen LogP) is 1.75. The molecule has 1 fully saturated rings. The largest absolute Gasteiger partial charge is 0.406 e. The van der Waals surface area contributed by atoms with Gasteiger partial charge >= 0.3 is 0 Å². The lowest BCUT2D eigenvalue weighted by Crippen LogP contribution is -2.50. The summed E-state index contributed by atoms with van der Waals surface area (Å²) in [7, 11) is 0.416. The number of likely N-dealkylation sites (N-methyl/N-ethyl adjacent to an activating group) is 1. The summed E-state index contributed by atoms with van der Waals surface area (Å²) < 4.78 is 8.37. The van der Waals surface area contributed by atoms with Crippen LogP contribution in [0.2, 0.25) is 12.6 Å². The molecule has 90 valence electrons. The Bertz CT molecular complexity index is 187. The van der Waals surface area contributed by atoms with E-state index in [0.29, 0.717) is 0 Å². The standard InChI is InChI=1S/C11H26N2OSi/c1-5-12(6-2)9-10-13-8-7-11-15(13,4)14-3/h5-11H2,1-4H3. The third-order valence-corrected chi connectivity index (χ3v) is 7.70. The van der Waals surface area contributed by atoms with E-state index in [4.69, 9.17) is 4.43 Å². The van der Waals surface area contributed by atoms with E-state index in [2.05, 4.69) is 29.9 Å². The van der Waals surface area contributed by atoms with E-state index in [1.807, 2.05) is 7.11 Å². The molecule has 0 radical (unpaired) electrons. The fourth-order valence-electron chi connectivity index (χ4n) is 2.37. The van der Waals surface area contributed by atoms with Crippen LogP contribution in [0.25, 0.3) is 0 Å². The Morgan fingerprint density at radius 1 is 1.33 bits per heavy atom. The maximum absolute atomic E-state index is 5.76. The summed E-state index contributed by atoms with van der Waals surface area (Å²) in [5.41, 5.74) is 0. The second kappa shape index (κ2) is 5.99. The number of nitrogens with zero attached hydrogens (tertiary/aromatic N) is 2. The maximum atomic E-state index is 5.76. The van der Waals surface area contributed by atoms with Crippen LogP contribution < -0.4 is 0 Å². The fourth-order valence-corrected chi connectivity index (χ4v) is 5.17. The highest BCUT2D eigenvalue weighted by Gasteiger charge is 2.39. The first-order valence-electron chi connectivity index (χ1n) is 6.18. The summed E-state index contributed by atoms with van der Waals surface area (Å²) in [5, 5.41) is 0. The number of hydrogen-bond donors (Lipinski definition) is 0. The summed E-state index contributed by atoms with van der Waals surface area (Å²) in [6, 6.07) is 1.31. The van der Waals surface area contributed by atoms with E-state index < -0.39 is 8.48 Å². The van der Waals surface area contributed by atoms with E-state index in [1.54, 1.807) is 0 Å². The third kappa shape index (κ3) is 3.28. The average molecular weight is 230 g/mol. The average Bonchev–Trinajstić information content (AvgIpc) is 2.63. The van der Waals surface area contributed by atoms with E-state index in [1.165, 1.54) is 32.1 Å². The molecule has 4 heteroatoms. The first kappa shape index (κ1) is 13.2. The van der Waals surface area contributed by atoms with Crippen LogP contribution in [0.1, 0.15) is 20.3 Å². The summed E-state index contributed by atoms with van der Waals surface area (Å²) >= 11 is 0. The van der Waals surface area contributed by atoms with Crippen LogP contribution in [-0.4, -0.2) is 57.8 Å². The van der Waals surface area contributed by atoms with E-state index in [9.17, 15) is 0 Å². The van der Waals surface area contributed by atoms with Crippen LogP contribution in [-0.2, 0) is 4.43 Å². The molecule has 1 unspecified atom stereocenters. The summed E-state index contributed by atoms with van der Waals surface area (Å²) in [4.78, 5) is 2.49. The molecule has 0 saturated carbocycles. The summed E-state index contributed by atoms with van der Waals surface area (Å²) in [6.45, 7) is 12.8. The first-order chi connectivity index (χ1) is 7.16. The molecule has 0 amide bonds. The molecule has 1 saturated heterocycles. The lowest BCUT2D eigenvalue weighted by atomic mass is 10.4. The Balaban J connectivity index is 2.37.